The van der Waals surface area contributed by atoms with E-state index in [1.54, 1.807) is 19.1 Å². The largest absolute Gasteiger partial charge is 0.480 e. The minimum atomic E-state index is -1.01. The van der Waals surface area contributed by atoms with E-state index in [0.29, 0.717) is 18.4 Å². The first-order valence-corrected chi connectivity index (χ1v) is 5.70. The molecule has 1 aromatic rings. The van der Waals surface area contributed by atoms with Crippen LogP contribution in [0.3, 0.4) is 0 Å². The van der Waals surface area contributed by atoms with E-state index in [1.165, 1.54) is 6.07 Å². The maximum Gasteiger partial charge on any atom is 0.326 e. The topological polar surface area (TPSA) is 92.5 Å². The van der Waals surface area contributed by atoms with Crippen LogP contribution in [-0.2, 0) is 4.79 Å². The molecule has 6 nitrogen and oxygen atoms in total. The fourth-order valence-corrected chi connectivity index (χ4v) is 1.75. The maximum absolute atomic E-state index is 11.0. The molecule has 0 amide bonds. The van der Waals surface area contributed by atoms with Crippen molar-refractivity contribution in [3.8, 4) is 0 Å². The molecular weight excluding hydrogens is 236 g/mol. The van der Waals surface area contributed by atoms with Crippen molar-refractivity contribution in [1.82, 2.24) is 0 Å². The number of nitrogens with zero attached hydrogens (tertiary/aromatic N) is 1. The normalized spacial score (nSPS) is 11.9. The highest BCUT2D eigenvalue weighted by molar-refractivity contribution is 5.79. The van der Waals surface area contributed by atoms with Gasteiger partial charge in [-0.05, 0) is 19.4 Å². The van der Waals surface area contributed by atoms with Gasteiger partial charge in [0.1, 0.15) is 11.7 Å². The summed E-state index contributed by atoms with van der Waals surface area (Å²) < 4.78 is 0. The molecule has 1 rings (SSSR count). The Labute approximate surface area is 105 Å². The molecule has 0 radical (unpaired) electrons. The lowest BCUT2D eigenvalue weighted by molar-refractivity contribution is -0.384. The van der Waals surface area contributed by atoms with E-state index < -0.39 is 16.9 Å². The molecule has 0 saturated carbocycles. The average Bonchev–Trinajstić information content (AvgIpc) is 2.27. The van der Waals surface area contributed by atoms with Gasteiger partial charge in [0.2, 0.25) is 0 Å². The molecule has 0 spiro atoms. The smallest absolute Gasteiger partial charge is 0.326 e. The molecule has 1 atom stereocenters. The molecule has 98 valence electrons. The molecule has 1 aromatic carbocycles. The number of nitro benzene ring substituents is 1. The van der Waals surface area contributed by atoms with Gasteiger partial charge in [-0.1, -0.05) is 25.5 Å². The number of carboxylic acid groups (broad SMARTS) is 1. The summed E-state index contributed by atoms with van der Waals surface area (Å²) in [6.07, 6.45) is 1.10. The Morgan fingerprint density at radius 3 is 2.72 bits per heavy atom. The summed E-state index contributed by atoms with van der Waals surface area (Å²) in [5.74, 6) is -1.01. The predicted octanol–water partition coefficient (Wildman–Crippen LogP) is 2.57. The van der Waals surface area contributed by atoms with Crippen molar-refractivity contribution in [2.45, 2.75) is 32.7 Å². The highest BCUT2D eigenvalue weighted by atomic mass is 16.6. The van der Waals surface area contributed by atoms with Crippen LogP contribution >= 0.6 is 0 Å². The van der Waals surface area contributed by atoms with Crippen LogP contribution in [0.5, 0.6) is 0 Å². The summed E-state index contributed by atoms with van der Waals surface area (Å²) in [5.41, 5.74) is 0.686. The van der Waals surface area contributed by atoms with Gasteiger partial charge >= 0.3 is 5.97 Å². The standard InChI is InChI=1S/C12H16N2O4/c1-3-5-10(12(15)16)13-9-7-4-6-8(2)11(9)14(17)18/h4,6-7,10,13H,3,5H2,1-2H3,(H,15,16). The average molecular weight is 252 g/mol. The third-order valence-electron chi connectivity index (χ3n) is 2.63. The molecule has 0 aromatic heterocycles. The first kappa shape index (κ1) is 14.0. The Bertz CT molecular complexity index is 459. The van der Waals surface area contributed by atoms with Crippen LogP contribution in [0.15, 0.2) is 18.2 Å². The predicted molar refractivity (Wildman–Crippen MR) is 67.8 cm³/mol. The quantitative estimate of drug-likeness (QED) is 0.599. The monoisotopic (exact) mass is 252 g/mol. The number of nitro groups is 1. The van der Waals surface area contributed by atoms with E-state index in [-0.39, 0.29) is 11.4 Å². The zero-order chi connectivity index (χ0) is 13.7. The molecule has 0 aliphatic heterocycles. The summed E-state index contributed by atoms with van der Waals surface area (Å²) >= 11 is 0. The molecule has 6 heteroatoms. The third kappa shape index (κ3) is 3.19. The number of aryl methyl sites for hydroxylation is 1. The van der Waals surface area contributed by atoms with E-state index in [1.807, 2.05) is 6.92 Å². The van der Waals surface area contributed by atoms with Gasteiger partial charge in [-0.25, -0.2) is 4.79 Å². The number of aliphatic carboxylic acids is 1. The number of anilines is 1. The highest BCUT2D eigenvalue weighted by Crippen LogP contribution is 2.28. The van der Waals surface area contributed by atoms with Gasteiger partial charge in [0, 0.05) is 5.56 Å². The Morgan fingerprint density at radius 1 is 1.56 bits per heavy atom. The number of rotatable bonds is 6. The van der Waals surface area contributed by atoms with Crippen molar-refractivity contribution >= 4 is 17.3 Å². The van der Waals surface area contributed by atoms with Crippen LogP contribution in [0, 0.1) is 17.0 Å². The third-order valence-corrected chi connectivity index (χ3v) is 2.63. The molecule has 0 aliphatic carbocycles. The first-order valence-electron chi connectivity index (χ1n) is 5.70. The van der Waals surface area contributed by atoms with Crippen molar-refractivity contribution < 1.29 is 14.8 Å². The lowest BCUT2D eigenvalue weighted by Crippen LogP contribution is -2.29. The number of carbonyl (C=O) groups is 1. The van der Waals surface area contributed by atoms with Crippen molar-refractivity contribution in [3.05, 3.63) is 33.9 Å². The van der Waals surface area contributed by atoms with Crippen molar-refractivity contribution in [2.75, 3.05) is 5.32 Å². The molecule has 0 aliphatic rings. The Morgan fingerprint density at radius 2 is 2.22 bits per heavy atom. The van der Waals surface area contributed by atoms with E-state index in [2.05, 4.69) is 5.32 Å². The Balaban J connectivity index is 3.06. The molecular formula is C12H16N2O4. The van der Waals surface area contributed by atoms with Gasteiger partial charge in [0.25, 0.3) is 5.69 Å². The SMILES string of the molecule is CCCC(Nc1cccc(C)c1[N+](=O)[O-])C(=O)O. The molecule has 0 saturated heterocycles. The van der Waals surface area contributed by atoms with Gasteiger partial charge in [0.05, 0.1) is 4.92 Å². The lowest BCUT2D eigenvalue weighted by Gasteiger charge is -2.15. The summed E-state index contributed by atoms with van der Waals surface area (Å²) in [4.78, 5) is 21.5. The van der Waals surface area contributed by atoms with E-state index in [9.17, 15) is 14.9 Å². The van der Waals surface area contributed by atoms with Crippen molar-refractivity contribution in [3.63, 3.8) is 0 Å². The second-order valence-electron chi connectivity index (χ2n) is 4.05. The van der Waals surface area contributed by atoms with Gasteiger partial charge in [-0.2, -0.15) is 0 Å². The second-order valence-corrected chi connectivity index (χ2v) is 4.05. The van der Waals surface area contributed by atoms with E-state index in [0.717, 1.165) is 0 Å². The summed E-state index contributed by atoms with van der Waals surface area (Å²) in [5, 5.41) is 22.7. The summed E-state index contributed by atoms with van der Waals surface area (Å²) in [6, 6.07) is 4.00. The van der Waals surface area contributed by atoms with Crippen LogP contribution in [0.25, 0.3) is 0 Å². The maximum atomic E-state index is 11.0. The number of para-hydroxylation sites is 1. The zero-order valence-corrected chi connectivity index (χ0v) is 10.3. The van der Waals surface area contributed by atoms with Gasteiger partial charge in [-0.3, -0.25) is 10.1 Å². The zero-order valence-electron chi connectivity index (χ0n) is 10.3. The molecule has 18 heavy (non-hydrogen) atoms. The minimum absolute atomic E-state index is 0.0696. The van der Waals surface area contributed by atoms with Crippen LogP contribution in [-0.4, -0.2) is 22.0 Å². The second kappa shape index (κ2) is 6.00. The fraction of sp³-hybridized carbons (Fsp3) is 0.417. The fourth-order valence-electron chi connectivity index (χ4n) is 1.75. The Hall–Kier alpha value is -2.11. The summed E-state index contributed by atoms with van der Waals surface area (Å²) in [7, 11) is 0. The van der Waals surface area contributed by atoms with Crippen molar-refractivity contribution in [2.24, 2.45) is 0 Å². The number of carboxylic acids is 1. The van der Waals surface area contributed by atoms with Crippen LogP contribution in [0.2, 0.25) is 0 Å². The molecule has 0 bridgehead atoms. The molecule has 0 fully saturated rings. The van der Waals surface area contributed by atoms with Gasteiger partial charge in [0.15, 0.2) is 0 Å². The molecule has 2 N–H and O–H groups in total. The number of benzene rings is 1. The molecule has 0 heterocycles. The van der Waals surface area contributed by atoms with Crippen LogP contribution in [0.1, 0.15) is 25.3 Å². The Kier molecular flexibility index (Phi) is 4.65. The number of hydrogen-bond donors (Lipinski definition) is 2. The van der Waals surface area contributed by atoms with Crippen LogP contribution < -0.4 is 5.32 Å². The first-order chi connectivity index (χ1) is 8.47. The summed E-state index contributed by atoms with van der Waals surface area (Å²) in [6.45, 7) is 3.49. The highest BCUT2D eigenvalue weighted by Gasteiger charge is 2.22. The lowest BCUT2D eigenvalue weighted by atomic mass is 10.1. The van der Waals surface area contributed by atoms with Crippen LogP contribution in [0.4, 0.5) is 11.4 Å². The van der Waals surface area contributed by atoms with E-state index in [4.69, 9.17) is 5.11 Å². The number of hydrogen-bond acceptors (Lipinski definition) is 4. The van der Waals surface area contributed by atoms with Gasteiger partial charge in [-0.15, -0.1) is 0 Å². The minimum Gasteiger partial charge on any atom is -0.480 e. The van der Waals surface area contributed by atoms with Gasteiger partial charge < -0.3 is 10.4 Å². The van der Waals surface area contributed by atoms with E-state index >= 15 is 0 Å². The van der Waals surface area contributed by atoms with Crippen molar-refractivity contribution in [1.29, 1.82) is 0 Å². The molecule has 1 unspecified atom stereocenters. The number of nitrogens with one attached hydrogen (secondary N) is 1.